The fourth-order valence-corrected chi connectivity index (χ4v) is 3.04. The number of hydrogen-bond donors (Lipinski definition) is 0. The summed E-state index contributed by atoms with van der Waals surface area (Å²) in [6.07, 6.45) is 0.183. The van der Waals surface area contributed by atoms with Crippen LogP contribution in [0.5, 0.6) is 17.2 Å². The second-order valence-electron chi connectivity index (χ2n) is 8.38. The van der Waals surface area contributed by atoms with Gasteiger partial charge in [-0.25, -0.2) is 0 Å². The monoisotopic (exact) mass is 383 g/mol. The molecule has 5 nitrogen and oxygen atoms in total. The number of methoxy groups -OCH3 is 1. The van der Waals surface area contributed by atoms with Crippen LogP contribution in [0.4, 0.5) is 5.69 Å². The molecule has 28 heavy (non-hydrogen) atoms. The predicted molar refractivity (Wildman–Crippen MR) is 111 cm³/mol. The SMILES string of the molecule is COc1cc(N2CC[C@H](Oc3ccc(C)cc3)C2=O)ccc1OCC(C)(C)C. The van der Waals surface area contributed by atoms with E-state index in [4.69, 9.17) is 14.2 Å². The van der Waals surface area contributed by atoms with Crippen LogP contribution in [-0.4, -0.2) is 32.3 Å². The molecule has 0 unspecified atom stereocenters. The number of amides is 1. The molecule has 0 radical (unpaired) electrons. The summed E-state index contributed by atoms with van der Waals surface area (Å²) >= 11 is 0. The van der Waals surface area contributed by atoms with E-state index in [1.54, 1.807) is 12.0 Å². The van der Waals surface area contributed by atoms with Crippen molar-refractivity contribution in [2.75, 3.05) is 25.2 Å². The lowest BCUT2D eigenvalue weighted by Gasteiger charge is -2.22. The minimum atomic E-state index is -0.467. The van der Waals surface area contributed by atoms with Gasteiger partial charge >= 0.3 is 0 Å². The summed E-state index contributed by atoms with van der Waals surface area (Å²) in [6.45, 7) is 9.56. The molecule has 1 atom stereocenters. The molecule has 0 aliphatic carbocycles. The molecule has 1 aliphatic rings. The van der Waals surface area contributed by atoms with E-state index in [0.29, 0.717) is 36.8 Å². The van der Waals surface area contributed by atoms with E-state index < -0.39 is 6.10 Å². The first-order valence-electron chi connectivity index (χ1n) is 9.62. The van der Waals surface area contributed by atoms with Gasteiger partial charge in [0.15, 0.2) is 17.6 Å². The van der Waals surface area contributed by atoms with Crippen LogP contribution in [0.15, 0.2) is 42.5 Å². The van der Waals surface area contributed by atoms with Gasteiger partial charge in [0.1, 0.15) is 5.75 Å². The van der Waals surface area contributed by atoms with E-state index in [0.717, 1.165) is 11.3 Å². The van der Waals surface area contributed by atoms with Gasteiger partial charge in [-0.1, -0.05) is 38.5 Å². The van der Waals surface area contributed by atoms with E-state index in [1.807, 2.05) is 49.4 Å². The minimum absolute atomic E-state index is 0.0361. The molecule has 0 aromatic heterocycles. The van der Waals surface area contributed by atoms with E-state index in [9.17, 15) is 4.79 Å². The summed E-state index contributed by atoms with van der Waals surface area (Å²) in [5.74, 6) is 1.98. The Balaban J connectivity index is 1.71. The molecule has 1 aliphatic heterocycles. The van der Waals surface area contributed by atoms with E-state index in [2.05, 4.69) is 20.8 Å². The third-order valence-electron chi connectivity index (χ3n) is 4.58. The van der Waals surface area contributed by atoms with Crippen molar-refractivity contribution in [3.05, 3.63) is 48.0 Å². The predicted octanol–water partition coefficient (Wildman–Crippen LogP) is 4.61. The maximum Gasteiger partial charge on any atom is 0.268 e. The number of carbonyl (C=O) groups excluding carboxylic acids is 1. The van der Waals surface area contributed by atoms with E-state index in [-0.39, 0.29) is 11.3 Å². The first kappa shape index (κ1) is 20.1. The van der Waals surface area contributed by atoms with Crippen molar-refractivity contribution in [1.29, 1.82) is 0 Å². The highest BCUT2D eigenvalue weighted by Gasteiger charge is 2.34. The smallest absolute Gasteiger partial charge is 0.268 e. The second kappa shape index (κ2) is 8.13. The van der Waals surface area contributed by atoms with Crippen LogP contribution in [0.3, 0.4) is 0 Å². The average Bonchev–Trinajstić information content (AvgIpc) is 3.01. The summed E-state index contributed by atoms with van der Waals surface area (Å²) in [7, 11) is 1.61. The molecule has 0 bridgehead atoms. The van der Waals surface area contributed by atoms with Crippen molar-refractivity contribution in [3.8, 4) is 17.2 Å². The normalized spacial score (nSPS) is 17.0. The molecule has 2 aromatic carbocycles. The van der Waals surface area contributed by atoms with Crippen molar-refractivity contribution in [3.63, 3.8) is 0 Å². The van der Waals surface area contributed by atoms with Crippen molar-refractivity contribution < 1.29 is 19.0 Å². The lowest BCUT2D eigenvalue weighted by Crippen LogP contribution is -2.32. The van der Waals surface area contributed by atoms with Gasteiger partial charge in [-0.3, -0.25) is 4.79 Å². The fourth-order valence-electron chi connectivity index (χ4n) is 3.04. The molecule has 1 amide bonds. The number of nitrogens with zero attached hydrogens (tertiary/aromatic N) is 1. The van der Waals surface area contributed by atoms with Crippen LogP contribution in [0.1, 0.15) is 32.8 Å². The minimum Gasteiger partial charge on any atom is -0.493 e. The highest BCUT2D eigenvalue weighted by Crippen LogP contribution is 2.35. The summed E-state index contributed by atoms with van der Waals surface area (Å²) in [5, 5.41) is 0. The zero-order valence-corrected chi connectivity index (χ0v) is 17.3. The van der Waals surface area contributed by atoms with Crippen LogP contribution in [0.2, 0.25) is 0 Å². The fraction of sp³-hybridized carbons (Fsp3) is 0.435. The second-order valence-corrected chi connectivity index (χ2v) is 8.38. The maximum absolute atomic E-state index is 12.8. The molecule has 1 fully saturated rings. The standard InChI is InChI=1S/C23H29NO4/c1-16-6-9-18(10-7-16)28-20-12-13-24(22(20)25)17-8-11-19(21(14-17)26-5)27-15-23(2,3)4/h6-11,14,20H,12-13,15H2,1-5H3/t20-/m0/s1. The van der Waals surface area contributed by atoms with Crippen LogP contribution in [0.25, 0.3) is 0 Å². The van der Waals surface area contributed by atoms with Gasteiger partial charge in [0.25, 0.3) is 5.91 Å². The van der Waals surface area contributed by atoms with E-state index >= 15 is 0 Å². The number of anilines is 1. The summed E-state index contributed by atoms with van der Waals surface area (Å²) in [6, 6.07) is 13.4. The van der Waals surface area contributed by atoms with Gasteiger partial charge in [-0.15, -0.1) is 0 Å². The van der Waals surface area contributed by atoms with Crippen molar-refractivity contribution in [1.82, 2.24) is 0 Å². The van der Waals surface area contributed by atoms with Gasteiger partial charge < -0.3 is 19.1 Å². The first-order valence-corrected chi connectivity index (χ1v) is 9.62. The number of hydrogen-bond acceptors (Lipinski definition) is 4. The molecular weight excluding hydrogens is 354 g/mol. The number of aryl methyl sites for hydroxylation is 1. The third kappa shape index (κ3) is 4.77. The quantitative estimate of drug-likeness (QED) is 0.731. The first-order chi connectivity index (χ1) is 13.3. The number of ether oxygens (including phenoxy) is 3. The third-order valence-corrected chi connectivity index (χ3v) is 4.58. The number of benzene rings is 2. The topological polar surface area (TPSA) is 48.0 Å². The Bertz CT molecular complexity index is 823. The number of rotatable bonds is 6. The Morgan fingerprint density at radius 2 is 1.79 bits per heavy atom. The zero-order chi connectivity index (χ0) is 20.3. The van der Waals surface area contributed by atoms with Gasteiger partial charge in [0.2, 0.25) is 0 Å². The summed E-state index contributed by atoms with van der Waals surface area (Å²) in [5.41, 5.74) is 2.00. The molecule has 150 valence electrons. The zero-order valence-electron chi connectivity index (χ0n) is 17.3. The van der Waals surface area contributed by atoms with Crippen LogP contribution < -0.4 is 19.1 Å². The Labute approximate surface area is 167 Å². The Kier molecular flexibility index (Phi) is 5.82. The summed E-state index contributed by atoms with van der Waals surface area (Å²) < 4.78 is 17.3. The van der Waals surface area contributed by atoms with E-state index in [1.165, 1.54) is 0 Å². The lowest BCUT2D eigenvalue weighted by molar-refractivity contribution is -0.122. The lowest BCUT2D eigenvalue weighted by atomic mass is 9.99. The van der Waals surface area contributed by atoms with Crippen molar-refractivity contribution in [2.24, 2.45) is 5.41 Å². The Morgan fingerprint density at radius 3 is 2.43 bits per heavy atom. The van der Waals surface area contributed by atoms with Gasteiger partial charge in [0.05, 0.1) is 13.7 Å². The van der Waals surface area contributed by atoms with Gasteiger partial charge in [-0.05, 0) is 36.6 Å². The highest BCUT2D eigenvalue weighted by molar-refractivity contribution is 5.99. The molecule has 1 heterocycles. The van der Waals surface area contributed by atoms with Gasteiger partial charge in [-0.2, -0.15) is 0 Å². The largest absolute Gasteiger partial charge is 0.493 e. The molecular formula is C23H29NO4. The molecule has 3 rings (SSSR count). The van der Waals surface area contributed by atoms with Crippen LogP contribution in [-0.2, 0) is 4.79 Å². The summed E-state index contributed by atoms with van der Waals surface area (Å²) in [4.78, 5) is 14.6. The Morgan fingerprint density at radius 1 is 1.07 bits per heavy atom. The molecule has 0 saturated carbocycles. The maximum atomic E-state index is 12.8. The molecule has 0 N–H and O–H groups in total. The molecule has 2 aromatic rings. The molecule has 1 saturated heterocycles. The molecule has 0 spiro atoms. The van der Waals surface area contributed by atoms with Crippen molar-refractivity contribution in [2.45, 2.75) is 40.2 Å². The number of carbonyl (C=O) groups is 1. The highest BCUT2D eigenvalue weighted by atomic mass is 16.5. The molecule has 5 heteroatoms. The average molecular weight is 383 g/mol. The Hall–Kier alpha value is -2.69. The van der Waals surface area contributed by atoms with Crippen molar-refractivity contribution >= 4 is 11.6 Å². The van der Waals surface area contributed by atoms with Gasteiger partial charge in [0, 0.05) is 24.7 Å². The van der Waals surface area contributed by atoms with Crippen LogP contribution >= 0.6 is 0 Å². The van der Waals surface area contributed by atoms with Crippen LogP contribution in [0, 0.1) is 12.3 Å².